The molecule has 0 bridgehead atoms. The third kappa shape index (κ3) is 5.71. The van der Waals surface area contributed by atoms with E-state index in [2.05, 4.69) is 16.8 Å². The van der Waals surface area contributed by atoms with Crippen LogP contribution in [0, 0.1) is 11.8 Å². The minimum Gasteiger partial charge on any atom is -0.332 e. The highest BCUT2D eigenvalue weighted by molar-refractivity contribution is 7.17. The summed E-state index contributed by atoms with van der Waals surface area (Å²) in [5.74, 6) is 5.54. The number of likely N-dealkylation sites (tertiary alicyclic amines) is 1. The van der Waals surface area contributed by atoms with E-state index in [1.54, 1.807) is 4.90 Å². The molecule has 7 heteroatoms. The molecule has 1 saturated heterocycles. The Labute approximate surface area is 220 Å². The van der Waals surface area contributed by atoms with Crippen LogP contribution in [0.1, 0.15) is 53.8 Å². The Kier molecular flexibility index (Phi) is 7.29. The van der Waals surface area contributed by atoms with Crippen molar-refractivity contribution >= 4 is 33.8 Å². The van der Waals surface area contributed by atoms with Gasteiger partial charge in [-0.1, -0.05) is 65.8 Å². The molecule has 6 nitrogen and oxygen atoms in total. The molecule has 5 rings (SSSR count). The molecule has 2 aromatic carbocycles. The summed E-state index contributed by atoms with van der Waals surface area (Å²) in [5.41, 5.74) is 2.44. The Morgan fingerprint density at radius 2 is 1.76 bits per heavy atom. The number of Topliss-reactive ketones (excluding diaryl/α,β-unsaturated/α-hetero) is 2. The number of hydrogen-bond acceptors (Lipinski definition) is 5. The average Bonchev–Trinajstić information content (AvgIpc) is 3.62. The summed E-state index contributed by atoms with van der Waals surface area (Å²) in [6.45, 7) is 2.02. The molecule has 1 amide bonds. The highest BCUT2D eigenvalue weighted by Gasteiger charge is 2.37. The van der Waals surface area contributed by atoms with Crippen molar-refractivity contribution in [3.05, 3.63) is 94.8 Å². The molecular formula is C30H27N3O3S. The first-order chi connectivity index (χ1) is 18.0. The molecule has 0 spiro atoms. The van der Waals surface area contributed by atoms with Crippen LogP contribution in [0.25, 0.3) is 4.96 Å². The van der Waals surface area contributed by atoms with E-state index in [0.29, 0.717) is 18.7 Å². The summed E-state index contributed by atoms with van der Waals surface area (Å²) >= 11 is 1.48. The molecular weight excluding hydrogens is 482 g/mol. The molecule has 0 aliphatic carbocycles. The highest BCUT2D eigenvalue weighted by Crippen LogP contribution is 2.29. The third-order valence-electron chi connectivity index (χ3n) is 6.56. The van der Waals surface area contributed by atoms with Gasteiger partial charge in [-0.2, -0.15) is 0 Å². The molecule has 3 heterocycles. The Morgan fingerprint density at radius 3 is 2.46 bits per heavy atom. The number of thiazole rings is 1. The van der Waals surface area contributed by atoms with Crippen molar-refractivity contribution in [1.82, 2.24) is 14.3 Å². The molecule has 37 heavy (non-hydrogen) atoms. The van der Waals surface area contributed by atoms with Gasteiger partial charge < -0.3 is 4.90 Å². The standard InChI is InChI=1S/C30H27N3O3S/c1-21(34)17-26(23-11-6-3-7-12-23)29(36)33-16-8-13-27(33)28(35)18-24-19-32-20-25(37-30(32)31-24)15-14-22-9-4-2-5-10-22/h2-7,9-12,19-20,26-27H,8,13,16-18H2,1H3/t26-,27+/m1/s1. The summed E-state index contributed by atoms with van der Waals surface area (Å²) in [6, 6.07) is 18.7. The summed E-state index contributed by atoms with van der Waals surface area (Å²) in [7, 11) is 0. The second kappa shape index (κ2) is 10.9. The number of ketones is 2. The van der Waals surface area contributed by atoms with E-state index in [0.717, 1.165) is 27.4 Å². The second-order valence-electron chi connectivity index (χ2n) is 9.34. The van der Waals surface area contributed by atoms with Crippen LogP contribution in [-0.4, -0.2) is 44.3 Å². The minimum absolute atomic E-state index is 0.0182. The van der Waals surface area contributed by atoms with Gasteiger partial charge in [0, 0.05) is 30.9 Å². The predicted molar refractivity (Wildman–Crippen MR) is 143 cm³/mol. The Balaban J connectivity index is 1.28. The lowest BCUT2D eigenvalue weighted by atomic mass is 9.92. The van der Waals surface area contributed by atoms with Gasteiger partial charge >= 0.3 is 0 Å². The molecule has 4 aromatic rings. The number of imidazole rings is 1. The first-order valence-corrected chi connectivity index (χ1v) is 13.2. The number of amides is 1. The summed E-state index contributed by atoms with van der Waals surface area (Å²) in [5, 5.41) is 0. The molecule has 0 unspecified atom stereocenters. The highest BCUT2D eigenvalue weighted by atomic mass is 32.1. The molecule has 186 valence electrons. The Morgan fingerprint density at radius 1 is 1.03 bits per heavy atom. The van der Waals surface area contributed by atoms with Crippen LogP contribution in [0.4, 0.5) is 0 Å². The average molecular weight is 510 g/mol. The lowest BCUT2D eigenvalue weighted by molar-refractivity contribution is -0.139. The van der Waals surface area contributed by atoms with Gasteiger partial charge in [0.05, 0.1) is 29.0 Å². The van der Waals surface area contributed by atoms with Crippen molar-refractivity contribution in [2.75, 3.05) is 6.54 Å². The summed E-state index contributed by atoms with van der Waals surface area (Å²) < 4.78 is 1.90. The summed E-state index contributed by atoms with van der Waals surface area (Å²) in [4.78, 5) is 46.8. The third-order valence-corrected chi connectivity index (χ3v) is 7.48. The number of aromatic nitrogens is 2. The molecule has 1 aliphatic heterocycles. The largest absolute Gasteiger partial charge is 0.332 e. The molecule has 1 aliphatic rings. The molecule has 1 fully saturated rings. The number of carbonyl (C=O) groups is 3. The first kappa shape index (κ1) is 24.7. The fourth-order valence-electron chi connectivity index (χ4n) is 4.82. The monoisotopic (exact) mass is 509 g/mol. The van der Waals surface area contributed by atoms with E-state index in [1.807, 2.05) is 77.5 Å². The first-order valence-electron chi connectivity index (χ1n) is 12.4. The van der Waals surface area contributed by atoms with E-state index >= 15 is 0 Å². The molecule has 2 atom stereocenters. The smallest absolute Gasteiger partial charge is 0.231 e. The summed E-state index contributed by atoms with van der Waals surface area (Å²) in [6.07, 6.45) is 5.48. The number of carbonyl (C=O) groups excluding carboxylic acids is 3. The van der Waals surface area contributed by atoms with E-state index in [-0.39, 0.29) is 30.3 Å². The van der Waals surface area contributed by atoms with Crippen LogP contribution in [0.15, 0.2) is 73.1 Å². The predicted octanol–water partition coefficient (Wildman–Crippen LogP) is 4.66. The number of rotatable bonds is 7. The second-order valence-corrected chi connectivity index (χ2v) is 10.3. The van der Waals surface area contributed by atoms with Gasteiger partial charge in [0.25, 0.3) is 0 Å². The maximum absolute atomic E-state index is 13.5. The van der Waals surface area contributed by atoms with Crippen LogP contribution in [0.2, 0.25) is 0 Å². The Bertz CT molecular complexity index is 1460. The van der Waals surface area contributed by atoms with E-state index in [1.165, 1.54) is 18.3 Å². The van der Waals surface area contributed by atoms with E-state index < -0.39 is 12.0 Å². The fourth-order valence-corrected chi connectivity index (χ4v) is 5.66. The van der Waals surface area contributed by atoms with Crippen molar-refractivity contribution in [3.63, 3.8) is 0 Å². The molecule has 0 radical (unpaired) electrons. The van der Waals surface area contributed by atoms with Crippen molar-refractivity contribution in [3.8, 4) is 11.8 Å². The van der Waals surface area contributed by atoms with E-state index in [9.17, 15) is 14.4 Å². The van der Waals surface area contributed by atoms with Gasteiger partial charge in [0.1, 0.15) is 5.78 Å². The van der Waals surface area contributed by atoms with Crippen LogP contribution in [0.5, 0.6) is 0 Å². The van der Waals surface area contributed by atoms with Gasteiger partial charge in [0.15, 0.2) is 10.7 Å². The van der Waals surface area contributed by atoms with Crippen molar-refractivity contribution < 1.29 is 14.4 Å². The van der Waals surface area contributed by atoms with Gasteiger partial charge in [-0.05, 0) is 43.4 Å². The maximum atomic E-state index is 13.5. The molecule has 2 aromatic heterocycles. The topological polar surface area (TPSA) is 71.8 Å². The number of benzene rings is 2. The SMILES string of the molecule is CC(=O)C[C@@H](C(=O)N1CCC[C@H]1C(=O)Cc1cn2cc(C#Cc3ccccc3)sc2n1)c1ccccc1. The zero-order valence-electron chi connectivity index (χ0n) is 20.6. The van der Waals surface area contributed by atoms with Crippen LogP contribution in [-0.2, 0) is 20.8 Å². The molecule has 0 saturated carbocycles. The zero-order chi connectivity index (χ0) is 25.8. The van der Waals surface area contributed by atoms with Crippen LogP contribution in [0.3, 0.4) is 0 Å². The number of fused-ring (bicyclic) bond motifs is 1. The van der Waals surface area contributed by atoms with Gasteiger partial charge in [-0.3, -0.25) is 18.8 Å². The lowest BCUT2D eigenvalue weighted by Gasteiger charge is -2.28. The van der Waals surface area contributed by atoms with Crippen molar-refractivity contribution in [2.45, 2.75) is 44.6 Å². The Hall–Kier alpha value is -4.02. The van der Waals surface area contributed by atoms with Crippen LogP contribution >= 0.6 is 11.3 Å². The lowest BCUT2D eigenvalue weighted by Crippen LogP contribution is -2.43. The van der Waals surface area contributed by atoms with Crippen molar-refractivity contribution in [2.24, 2.45) is 0 Å². The van der Waals surface area contributed by atoms with Gasteiger partial charge in [-0.25, -0.2) is 4.98 Å². The van der Waals surface area contributed by atoms with Crippen molar-refractivity contribution in [1.29, 1.82) is 0 Å². The number of hydrogen-bond donors (Lipinski definition) is 0. The number of nitrogens with zero attached hydrogens (tertiary/aromatic N) is 3. The van der Waals surface area contributed by atoms with Gasteiger partial charge in [-0.15, -0.1) is 0 Å². The minimum atomic E-state index is -0.569. The quantitative estimate of drug-likeness (QED) is 0.340. The van der Waals surface area contributed by atoms with Crippen LogP contribution < -0.4 is 0 Å². The maximum Gasteiger partial charge on any atom is 0.231 e. The normalized spacial score (nSPS) is 15.8. The van der Waals surface area contributed by atoms with Gasteiger partial charge in [0.2, 0.25) is 5.91 Å². The van der Waals surface area contributed by atoms with E-state index in [4.69, 9.17) is 0 Å². The zero-order valence-corrected chi connectivity index (χ0v) is 21.4. The molecule has 0 N–H and O–H groups in total. The fraction of sp³-hybridized carbons (Fsp3) is 0.267.